The van der Waals surface area contributed by atoms with Crippen LogP contribution < -0.4 is 0 Å². The first-order chi connectivity index (χ1) is 12.0. The summed E-state index contributed by atoms with van der Waals surface area (Å²) in [5, 5.41) is 0. The van der Waals surface area contributed by atoms with Crippen LogP contribution in [0.4, 0.5) is 26.3 Å². The number of rotatable bonds is 1. The van der Waals surface area contributed by atoms with Crippen LogP contribution in [0.15, 0.2) is 22.6 Å². The standard InChI is InChI=1S/C15H13F6NO3S/c16-14(17,18)10-5-9(6-11(7-10)15(19,20)21)12(23)22-26-4-1-13(8-26)24-2-3-25-13/h5-7H,1-4,8H2. The number of amides is 1. The molecular weight excluding hydrogens is 388 g/mol. The van der Waals surface area contributed by atoms with Gasteiger partial charge in [-0.25, -0.2) is 0 Å². The number of carbonyl (C=O) groups is 1. The van der Waals surface area contributed by atoms with Crippen LogP contribution in [-0.2, 0) is 32.5 Å². The minimum absolute atomic E-state index is 0.0240. The van der Waals surface area contributed by atoms with Crippen molar-refractivity contribution in [2.24, 2.45) is 4.36 Å². The molecule has 1 aromatic rings. The third-order valence-corrected chi connectivity index (χ3v) is 5.84. The quantitative estimate of drug-likeness (QED) is 0.673. The van der Waals surface area contributed by atoms with Crippen LogP contribution in [0.1, 0.15) is 27.9 Å². The topological polar surface area (TPSA) is 47.9 Å². The van der Waals surface area contributed by atoms with Crippen LogP contribution in [0.5, 0.6) is 0 Å². The minimum atomic E-state index is -5.01. The Morgan fingerprint density at radius 3 is 2.04 bits per heavy atom. The maximum Gasteiger partial charge on any atom is 0.416 e. The normalized spacial score (nSPS) is 23.1. The zero-order chi connectivity index (χ0) is 19.2. The molecule has 2 aliphatic heterocycles. The summed E-state index contributed by atoms with van der Waals surface area (Å²) in [5.74, 6) is -1.25. The van der Waals surface area contributed by atoms with E-state index in [0.717, 1.165) is 0 Å². The molecule has 0 radical (unpaired) electrons. The average Bonchev–Trinajstić information content (AvgIpc) is 3.15. The Morgan fingerprint density at radius 1 is 1.00 bits per heavy atom. The third-order valence-electron chi connectivity index (χ3n) is 3.97. The highest BCUT2D eigenvalue weighted by molar-refractivity contribution is 7.87. The number of hydrogen-bond acceptors (Lipinski definition) is 3. The smallest absolute Gasteiger partial charge is 0.347 e. The van der Waals surface area contributed by atoms with E-state index in [-0.39, 0.29) is 11.8 Å². The van der Waals surface area contributed by atoms with Gasteiger partial charge in [-0.15, -0.1) is 0 Å². The molecule has 2 heterocycles. The van der Waals surface area contributed by atoms with E-state index in [9.17, 15) is 31.1 Å². The fourth-order valence-corrected chi connectivity index (χ4v) is 4.73. The summed E-state index contributed by atoms with van der Waals surface area (Å²) >= 11 is 0. The molecule has 0 saturated carbocycles. The van der Waals surface area contributed by atoms with Gasteiger partial charge in [0, 0.05) is 17.7 Å². The molecular formula is C15H13F6NO3S. The number of ether oxygens (including phenoxy) is 2. The number of hydrogen-bond donors (Lipinski definition) is 0. The number of benzene rings is 1. The van der Waals surface area contributed by atoms with Crippen LogP contribution in [0.2, 0.25) is 0 Å². The Balaban J connectivity index is 1.90. The van der Waals surface area contributed by atoms with Gasteiger partial charge in [0.2, 0.25) is 0 Å². The highest BCUT2D eigenvalue weighted by atomic mass is 32.2. The minimum Gasteiger partial charge on any atom is -0.347 e. The van der Waals surface area contributed by atoms with Crippen molar-refractivity contribution in [1.29, 1.82) is 0 Å². The summed E-state index contributed by atoms with van der Waals surface area (Å²) in [7, 11) is -0.880. The lowest BCUT2D eigenvalue weighted by molar-refractivity contribution is -0.143. The van der Waals surface area contributed by atoms with Crippen LogP contribution in [0, 0.1) is 0 Å². The highest BCUT2D eigenvalue weighted by Gasteiger charge is 2.42. The van der Waals surface area contributed by atoms with Crippen LogP contribution in [0.3, 0.4) is 0 Å². The van der Waals surface area contributed by atoms with Gasteiger partial charge in [0.05, 0.1) is 30.1 Å². The zero-order valence-electron chi connectivity index (χ0n) is 13.1. The second-order valence-corrected chi connectivity index (χ2v) is 7.66. The first-order valence-corrected chi connectivity index (χ1v) is 9.02. The summed E-state index contributed by atoms with van der Waals surface area (Å²) in [4.78, 5) is 12.2. The van der Waals surface area contributed by atoms with E-state index < -0.39 is 51.4 Å². The SMILES string of the molecule is O=C(N=S1CCC2(C1)OCCO2)c1cc(C(F)(F)F)cc(C(F)(F)F)c1. The van der Waals surface area contributed by atoms with Gasteiger partial charge >= 0.3 is 12.4 Å². The average molecular weight is 401 g/mol. The van der Waals surface area contributed by atoms with Crippen molar-refractivity contribution in [2.75, 3.05) is 24.7 Å². The molecule has 1 aromatic carbocycles. The molecule has 0 bridgehead atoms. The highest BCUT2D eigenvalue weighted by Crippen LogP contribution is 2.37. The lowest BCUT2D eigenvalue weighted by atomic mass is 10.0. The van der Waals surface area contributed by atoms with E-state index in [0.29, 0.717) is 37.5 Å². The molecule has 2 aliphatic rings. The summed E-state index contributed by atoms with van der Waals surface area (Å²) < 4.78 is 91.9. The Hall–Kier alpha value is -1.46. The zero-order valence-corrected chi connectivity index (χ0v) is 13.9. The Kier molecular flexibility index (Phi) is 4.91. The van der Waals surface area contributed by atoms with E-state index in [2.05, 4.69) is 4.36 Å². The lowest BCUT2D eigenvalue weighted by Crippen LogP contribution is -2.30. The molecule has 1 atom stereocenters. The second kappa shape index (κ2) is 6.61. The van der Waals surface area contributed by atoms with Crippen molar-refractivity contribution < 1.29 is 40.6 Å². The van der Waals surface area contributed by atoms with Crippen molar-refractivity contribution >= 4 is 16.6 Å². The summed E-state index contributed by atoms with van der Waals surface area (Å²) in [6.45, 7) is 0.793. The Labute approximate surface area is 146 Å². The van der Waals surface area contributed by atoms with Crippen LogP contribution >= 0.6 is 0 Å². The maximum absolute atomic E-state index is 12.9. The van der Waals surface area contributed by atoms with Crippen molar-refractivity contribution in [3.63, 3.8) is 0 Å². The van der Waals surface area contributed by atoms with E-state index >= 15 is 0 Å². The molecule has 2 fully saturated rings. The lowest BCUT2D eigenvalue weighted by Gasteiger charge is -2.19. The van der Waals surface area contributed by atoms with E-state index in [1.807, 2.05) is 0 Å². The Bertz CT molecular complexity index is 720. The molecule has 1 unspecified atom stereocenters. The fourth-order valence-electron chi connectivity index (χ4n) is 2.72. The van der Waals surface area contributed by atoms with Gasteiger partial charge in [-0.1, -0.05) is 10.7 Å². The Morgan fingerprint density at radius 2 is 1.54 bits per heavy atom. The van der Waals surface area contributed by atoms with Crippen molar-refractivity contribution in [3.8, 4) is 0 Å². The van der Waals surface area contributed by atoms with Gasteiger partial charge in [0.1, 0.15) is 0 Å². The van der Waals surface area contributed by atoms with Crippen molar-refractivity contribution in [1.82, 2.24) is 0 Å². The largest absolute Gasteiger partial charge is 0.416 e. The monoisotopic (exact) mass is 401 g/mol. The third kappa shape index (κ3) is 4.09. The van der Waals surface area contributed by atoms with E-state index in [1.54, 1.807) is 0 Å². The molecule has 11 heteroatoms. The molecule has 4 nitrogen and oxygen atoms in total. The molecule has 26 heavy (non-hydrogen) atoms. The van der Waals surface area contributed by atoms with Gasteiger partial charge in [-0.2, -0.15) is 30.7 Å². The molecule has 144 valence electrons. The first-order valence-electron chi connectivity index (χ1n) is 7.50. The van der Waals surface area contributed by atoms with E-state index in [4.69, 9.17) is 9.47 Å². The van der Waals surface area contributed by atoms with Gasteiger partial charge in [-0.05, 0) is 18.2 Å². The van der Waals surface area contributed by atoms with Gasteiger partial charge in [-0.3, -0.25) is 4.79 Å². The maximum atomic E-state index is 12.9. The predicted molar refractivity (Wildman–Crippen MR) is 79.6 cm³/mol. The number of nitrogens with zero attached hydrogens (tertiary/aromatic N) is 1. The van der Waals surface area contributed by atoms with Crippen LogP contribution in [0.25, 0.3) is 0 Å². The van der Waals surface area contributed by atoms with E-state index in [1.165, 1.54) is 0 Å². The molecule has 1 spiro atoms. The van der Waals surface area contributed by atoms with Crippen molar-refractivity contribution in [2.45, 2.75) is 24.6 Å². The summed E-state index contributed by atoms with van der Waals surface area (Å²) in [5.41, 5.74) is -3.83. The summed E-state index contributed by atoms with van der Waals surface area (Å²) in [6.07, 6.45) is -9.55. The fraction of sp³-hybridized carbons (Fsp3) is 0.533. The molecule has 1 amide bonds. The van der Waals surface area contributed by atoms with Gasteiger partial charge < -0.3 is 9.47 Å². The number of carbonyl (C=O) groups excluding carboxylic acids is 1. The summed E-state index contributed by atoms with van der Waals surface area (Å²) in [6, 6.07) is 0.752. The first kappa shape index (κ1) is 19.3. The number of alkyl halides is 6. The number of halogens is 6. The molecule has 0 aliphatic carbocycles. The molecule has 3 rings (SSSR count). The molecule has 2 saturated heterocycles. The second-order valence-electron chi connectivity index (χ2n) is 5.86. The predicted octanol–water partition coefficient (Wildman–Crippen LogP) is 3.81. The van der Waals surface area contributed by atoms with Gasteiger partial charge in [0.25, 0.3) is 5.91 Å². The van der Waals surface area contributed by atoms with Crippen LogP contribution in [-0.4, -0.2) is 36.4 Å². The molecule has 0 aromatic heterocycles. The van der Waals surface area contributed by atoms with Gasteiger partial charge in [0.15, 0.2) is 5.79 Å². The van der Waals surface area contributed by atoms with Crippen molar-refractivity contribution in [3.05, 3.63) is 34.9 Å². The molecule has 0 N–H and O–H groups in total.